The molecule has 0 spiro atoms. The van der Waals surface area contributed by atoms with E-state index in [4.69, 9.17) is 18.9 Å². The molecule has 2 aromatic rings. The average Bonchev–Trinajstić information content (AvgIpc) is 2.70. The van der Waals surface area contributed by atoms with Crippen molar-refractivity contribution in [1.82, 2.24) is 0 Å². The summed E-state index contributed by atoms with van der Waals surface area (Å²) in [6.07, 6.45) is 0.329. The molecule has 0 saturated carbocycles. The second-order valence-electron chi connectivity index (χ2n) is 5.38. The van der Waals surface area contributed by atoms with Gasteiger partial charge in [-0.2, -0.15) is 0 Å². The summed E-state index contributed by atoms with van der Waals surface area (Å²) in [5, 5.41) is 21.9. The molecule has 0 aromatic heterocycles. The van der Waals surface area contributed by atoms with E-state index in [0.717, 1.165) is 18.2 Å². The van der Waals surface area contributed by atoms with Gasteiger partial charge in [0, 0.05) is 12.1 Å². The van der Waals surface area contributed by atoms with Crippen molar-refractivity contribution in [2.24, 2.45) is 0 Å². The molecule has 11 nitrogen and oxygen atoms in total. The lowest BCUT2D eigenvalue weighted by Crippen LogP contribution is -2.11. The number of nitro benzene ring substituents is 2. The molecule has 11 heteroatoms. The summed E-state index contributed by atoms with van der Waals surface area (Å²) in [4.78, 5) is 32.5. The average molecular weight is 404 g/mol. The molecule has 29 heavy (non-hydrogen) atoms. The van der Waals surface area contributed by atoms with Crippen molar-refractivity contribution in [1.29, 1.82) is 0 Å². The summed E-state index contributed by atoms with van der Waals surface area (Å²) in [5.74, 6) is 0.358. The summed E-state index contributed by atoms with van der Waals surface area (Å²) in [5.41, 5.74) is -0.460. The zero-order valence-corrected chi connectivity index (χ0v) is 15.2. The van der Waals surface area contributed by atoms with Gasteiger partial charge in [0.05, 0.1) is 28.6 Å². The predicted octanol–water partition coefficient (Wildman–Crippen LogP) is 3.79. The normalized spacial score (nSPS) is 9.97. The molecule has 0 amide bonds. The first-order chi connectivity index (χ1) is 13.8. The Balaban J connectivity index is 2.11. The number of benzene rings is 2. The molecule has 0 radical (unpaired) electrons. The monoisotopic (exact) mass is 404 g/mol. The number of carbonyl (C=O) groups excluding carboxylic acids is 1. The first-order valence-corrected chi connectivity index (χ1v) is 8.03. The van der Waals surface area contributed by atoms with Crippen LogP contribution in [0.4, 0.5) is 16.2 Å². The zero-order valence-electron chi connectivity index (χ0n) is 15.2. The van der Waals surface area contributed by atoms with Gasteiger partial charge in [0.2, 0.25) is 0 Å². The fraction of sp³-hybridized carbons (Fsp3) is 0.167. The molecule has 0 aliphatic heterocycles. The molecule has 0 aliphatic carbocycles. The third-order valence-electron chi connectivity index (χ3n) is 3.51. The number of hydrogen-bond acceptors (Lipinski definition) is 9. The summed E-state index contributed by atoms with van der Waals surface area (Å²) < 4.78 is 20.3. The number of nitro groups is 2. The predicted molar refractivity (Wildman–Crippen MR) is 99.2 cm³/mol. The third kappa shape index (κ3) is 5.66. The van der Waals surface area contributed by atoms with Gasteiger partial charge in [-0.15, -0.1) is 0 Å². The molecular formula is C18H16N2O9. The minimum atomic E-state index is -1.14. The Hall–Kier alpha value is -4.15. The van der Waals surface area contributed by atoms with Crippen LogP contribution in [0.15, 0.2) is 49.1 Å². The number of nitrogens with zero attached hydrogens (tertiary/aromatic N) is 2. The van der Waals surface area contributed by atoms with E-state index in [-0.39, 0.29) is 40.8 Å². The number of ether oxygens (including phenoxy) is 4. The Morgan fingerprint density at radius 2 is 1.79 bits per heavy atom. The lowest BCUT2D eigenvalue weighted by Gasteiger charge is -2.12. The van der Waals surface area contributed by atoms with Crippen LogP contribution in [-0.2, 0) is 11.3 Å². The number of non-ortho nitro benzene ring substituents is 1. The molecule has 0 heterocycles. The van der Waals surface area contributed by atoms with Crippen LogP contribution in [0.25, 0.3) is 0 Å². The molecule has 0 atom stereocenters. The van der Waals surface area contributed by atoms with Crippen LogP contribution < -0.4 is 14.2 Å². The van der Waals surface area contributed by atoms with E-state index in [1.807, 2.05) is 0 Å². The Bertz CT molecular complexity index is 926. The van der Waals surface area contributed by atoms with Gasteiger partial charge in [0.15, 0.2) is 11.5 Å². The van der Waals surface area contributed by atoms with Crippen LogP contribution >= 0.6 is 0 Å². The highest BCUT2D eigenvalue weighted by Crippen LogP contribution is 2.35. The van der Waals surface area contributed by atoms with E-state index in [9.17, 15) is 25.0 Å². The Labute approximate surface area is 164 Å². The first-order valence-electron chi connectivity index (χ1n) is 8.03. The Kier molecular flexibility index (Phi) is 7.07. The maximum absolute atomic E-state index is 11.8. The topological polar surface area (TPSA) is 140 Å². The van der Waals surface area contributed by atoms with Gasteiger partial charge in [-0.3, -0.25) is 20.2 Å². The smallest absolute Gasteiger partial charge is 0.493 e. The van der Waals surface area contributed by atoms with Gasteiger partial charge in [0.25, 0.3) is 11.4 Å². The zero-order chi connectivity index (χ0) is 21.4. The quantitative estimate of drug-likeness (QED) is 0.201. The van der Waals surface area contributed by atoms with Crippen molar-refractivity contribution in [3.8, 4) is 17.2 Å². The third-order valence-corrected chi connectivity index (χ3v) is 3.51. The van der Waals surface area contributed by atoms with Crippen molar-refractivity contribution < 1.29 is 33.6 Å². The van der Waals surface area contributed by atoms with Gasteiger partial charge < -0.3 is 18.9 Å². The van der Waals surface area contributed by atoms with E-state index in [0.29, 0.717) is 0 Å². The van der Waals surface area contributed by atoms with Crippen LogP contribution in [0.3, 0.4) is 0 Å². The van der Waals surface area contributed by atoms with E-state index in [1.54, 1.807) is 0 Å². The minimum Gasteiger partial charge on any atom is -0.493 e. The molecule has 0 aliphatic rings. The molecule has 0 unspecified atom stereocenters. The molecule has 0 N–H and O–H groups in total. The highest BCUT2D eigenvalue weighted by atomic mass is 16.7. The van der Waals surface area contributed by atoms with E-state index in [1.165, 1.54) is 31.4 Å². The molecule has 152 valence electrons. The summed E-state index contributed by atoms with van der Waals surface area (Å²) in [6.45, 7) is 3.14. The number of carbonyl (C=O) groups is 1. The second-order valence-corrected chi connectivity index (χ2v) is 5.38. The summed E-state index contributed by atoms with van der Waals surface area (Å²) in [7, 11) is 1.36. The minimum absolute atomic E-state index is 0.0147. The largest absolute Gasteiger partial charge is 0.514 e. The van der Waals surface area contributed by atoms with E-state index < -0.39 is 22.6 Å². The van der Waals surface area contributed by atoms with Crippen LogP contribution in [0.1, 0.15) is 5.56 Å². The standard InChI is InChI=1S/C18H16N2O9/c1-3-8-27-17-10-15(20(24)25)12(9-16(17)26-2)11-28-18(21)29-14-6-4-13(5-7-14)19(22)23/h3-7,9-10H,1,8,11H2,2H3. The number of hydrogen-bond donors (Lipinski definition) is 0. The summed E-state index contributed by atoms with van der Waals surface area (Å²) in [6, 6.07) is 7.21. The van der Waals surface area contributed by atoms with Crippen molar-refractivity contribution in [3.63, 3.8) is 0 Å². The second kappa shape index (κ2) is 9.69. The van der Waals surface area contributed by atoms with Gasteiger partial charge in [0.1, 0.15) is 19.0 Å². The molecule has 2 rings (SSSR count). The van der Waals surface area contributed by atoms with Crippen molar-refractivity contribution in [2.75, 3.05) is 13.7 Å². The van der Waals surface area contributed by atoms with Gasteiger partial charge >= 0.3 is 6.16 Å². The van der Waals surface area contributed by atoms with E-state index in [2.05, 4.69) is 6.58 Å². The molecule has 0 saturated heterocycles. The highest BCUT2D eigenvalue weighted by molar-refractivity contribution is 5.64. The van der Waals surface area contributed by atoms with Crippen LogP contribution in [-0.4, -0.2) is 29.7 Å². The van der Waals surface area contributed by atoms with Gasteiger partial charge in [-0.25, -0.2) is 4.79 Å². The fourth-order valence-corrected chi connectivity index (χ4v) is 2.20. The van der Waals surface area contributed by atoms with E-state index >= 15 is 0 Å². The van der Waals surface area contributed by atoms with Crippen molar-refractivity contribution in [2.45, 2.75) is 6.61 Å². The van der Waals surface area contributed by atoms with Gasteiger partial charge in [-0.05, 0) is 18.2 Å². The van der Waals surface area contributed by atoms with Gasteiger partial charge in [-0.1, -0.05) is 12.7 Å². The molecule has 0 fully saturated rings. The lowest BCUT2D eigenvalue weighted by molar-refractivity contribution is -0.386. The first kappa shape index (κ1) is 21.2. The molecule has 0 bridgehead atoms. The van der Waals surface area contributed by atoms with Crippen LogP contribution in [0.5, 0.6) is 17.2 Å². The SMILES string of the molecule is C=CCOc1cc([N+](=O)[O-])c(COC(=O)Oc2ccc([N+](=O)[O-])cc2)cc1OC. The number of methoxy groups -OCH3 is 1. The maximum atomic E-state index is 11.8. The van der Waals surface area contributed by atoms with Crippen LogP contribution in [0, 0.1) is 20.2 Å². The lowest BCUT2D eigenvalue weighted by atomic mass is 10.1. The Morgan fingerprint density at radius 1 is 1.10 bits per heavy atom. The fourth-order valence-electron chi connectivity index (χ4n) is 2.20. The number of rotatable bonds is 9. The van der Waals surface area contributed by atoms with Crippen molar-refractivity contribution >= 4 is 17.5 Å². The molecular weight excluding hydrogens is 388 g/mol. The molecule has 2 aromatic carbocycles. The highest BCUT2D eigenvalue weighted by Gasteiger charge is 2.21. The summed E-state index contributed by atoms with van der Waals surface area (Å²) >= 11 is 0. The maximum Gasteiger partial charge on any atom is 0.514 e. The van der Waals surface area contributed by atoms with Crippen LogP contribution in [0.2, 0.25) is 0 Å². The Morgan fingerprint density at radius 3 is 2.34 bits per heavy atom. The van der Waals surface area contributed by atoms with Crippen molar-refractivity contribution in [3.05, 3.63) is 74.8 Å².